The average Bonchev–Trinajstić information content (AvgIpc) is 2.85. The SMILES string of the molecule is O=C(Nc1nc(CCl)cs1)c1ccc(Br)c(C(F)(F)F)c1. The lowest BCUT2D eigenvalue weighted by Crippen LogP contribution is -2.14. The van der Waals surface area contributed by atoms with Gasteiger partial charge in [-0.25, -0.2) is 4.98 Å². The molecule has 1 amide bonds. The second-order valence-corrected chi connectivity index (χ2v) is 5.90. The minimum Gasteiger partial charge on any atom is -0.298 e. The Kier molecular flexibility index (Phi) is 4.90. The summed E-state index contributed by atoms with van der Waals surface area (Å²) in [6, 6.07) is 3.27. The van der Waals surface area contributed by atoms with Crippen molar-refractivity contribution in [3.05, 3.63) is 44.9 Å². The number of carbonyl (C=O) groups excluding carboxylic acids is 1. The van der Waals surface area contributed by atoms with Crippen LogP contribution < -0.4 is 5.32 Å². The lowest BCUT2D eigenvalue weighted by atomic mass is 10.1. The largest absolute Gasteiger partial charge is 0.417 e. The molecule has 21 heavy (non-hydrogen) atoms. The van der Waals surface area contributed by atoms with Crippen molar-refractivity contribution >= 4 is 49.9 Å². The molecule has 0 aliphatic heterocycles. The fourth-order valence-electron chi connectivity index (χ4n) is 1.48. The number of amides is 1. The van der Waals surface area contributed by atoms with Gasteiger partial charge in [0, 0.05) is 15.4 Å². The molecular weight excluding hydrogens is 393 g/mol. The first-order chi connectivity index (χ1) is 9.81. The monoisotopic (exact) mass is 398 g/mol. The standard InChI is InChI=1S/C12H7BrClF3N2OS/c13-9-2-1-6(3-8(9)12(15,16)17)10(20)19-11-18-7(4-14)5-21-11/h1-3,5H,4H2,(H,18,19,20). The summed E-state index contributed by atoms with van der Waals surface area (Å²) in [5, 5.41) is 4.38. The Morgan fingerprint density at radius 3 is 2.71 bits per heavy atom. The van der Waals surface area contributed by atoms with Gasteiger partial charge in [0.05, 0.1) is 17.1 Å². The van der Waals surface area contributed by atoms with E-state index >= 15 is 0 Å². The number of hydrogen-bond acceptors (Lipinski definition) is 3. The molecule has 1 aromatic carbocycles. The molecule has 0 aliphatic rings. The molecule has 0 aliphatic carbocycles. The van der Waals surface area contributed by atoms with Crippen LogP contribution in [0.2, 0.25) is 0 Å². The second kappa shape index (κ2) is 6.33. The average molecular weight is 400 g/mol. The molecule has 0 spiro atoms. The van der Waals surface area contributed by atoms with Crippen LogP contribution in [0, 0.1) is 0 Å². The minimum absolute atomic E-state index is 0.104. The molecule has 0 bridgehead atoms. The summed E-state index contributed by atoms with van der Waals surface area (Å²) < 4.78 is 38.2. The van der Waals surface area contributed by atoms with Crippen LogP contribution in [0.4, 0.5) is 18.3 Å². The number of nitrogens with one attached hydrogen (secondary N) is 1. The maximum absolute atomic E-state index is 12.8. The molecule has 112 valence electrons. The molecular formula is C12H7BrClF3N2OS. The van der Waals surface area contributed by atoms with E-state index < -0.39 is 17.6 Å². The third-order valence-corrected chi connectivity index (χ3v) is 4.21. The molecule has 0 atom stereocenters. The van der Waals surface area contributed by atoms with Gasteiger partial charge >= 0.3 is 6.18 Å². The van der Waals surface area contributed by atoms with Gasteiger partial charge in [-0.15, -0.1) is 22.9 Å². The van der Waals surface area contributed by atoms with Gasteiger partial charge in [-0.05, 0) is 18.2 Å². The Hall–Kier alpha value is -1.12. The molecule has 1 heterocycles. The number of alkyl halides is 4. The van der Waals surface area contributed by atoms with Gasteiger partial charge in [-0.3, -0.25) is 10.1 Å². The van der Waals surface area contributed by atoms with Crippen LogP contribution in [0.1, 0.15) is 21.6 Å². The van der Waals surface area contributed by atoms with Crippen molar-refractivity contribution in [2.45, 2.75) is 12.1 Å². The Morgan fingerprint density at radius 2 is 2.14 bits per heavy atom. The Morgan fingerprint density at radius 1 is 1.43 bits per heavy atom. The molecule has 1 aromatic heterocycles. The van der Waals surface area contributed by atoms with E-state index in [9.17, 15) is 18.0 Å². The first kappa shape index (κ1) is 16.3. The second-order valence-electron chi connectivity index (χ2n) is 3.92. The van der Waals surface area contributed by atoms with Crippen molar-refractivity contribution in [3.8, 4) is 0 Å². The Labute approximate surface area is 135 Å². The molecule has 3 nitrogen and oxygen atoms in total. The van der Waals surface area contributed by atoms with Crippen molar-refractivity contribution in [1.82, 2.24) is 4.98 Å². The van der Waals surface area contributed by atoms with E-state index in [4.69, 9.17) is 11.6 Å². The van der Waals surface area contributed by atoms with Gasteiger partial charge in [0.2, 0.25) is 0 Å². The summed E-state index contributed by atoms with van der Waals surface area (Å²) in [4.78, 5) is 15.9. The van der Waals surface area contributed by atoms with Gasteiger partial charge in [-0.1, -0.05) is 15.9 Å². The molecule has 1 N–H and O–H groups in total. The fraction of sp³-hybridized carbons (Fsp3) is 0.167. The number of nitrogens with zero attached hydrogens (tertiary/aromatic N) is 1. The summed E-state index contributed by atoms with van der Waals surface area (Å²) >= 11 is 9.55. The van der Waals surface area contributed by atoms with E-state index in [2.05, 4.69) is 26.2 Å². The number of anilines is 1. The number of thiazole rings is 1. The number of benzene rings is 1. The lowest BCUT2D eigenvalue weighted by molar-refractivity contribution is -0.138. The number of rotatable bonds is 3. The van der Waals surface area contributed by atoms with E-state index in [0.717, 1.165) is 17.4 Å². The molecule has 9 heteroatoms. The predicted molar refractivity (Wildman–Crippen MR) is 78.8 cm³/mol. The molecule has 2 rings (SSSR count). The first-order valence-corrected chi connectivity index (χ1v) is 7.70. The van der Waals surface area contributed by atoms with Crippen LogP contribution >= 0.6 is 38.9 Å². The molecule has 0 saturated carbocycles. The zero-order valence-electron chi connectivity index (χ0n) is 10.2. The highest BCUT2D eigenvalue weighted by molar-refractivity contribution is 9.10. The van der Waals surface area contributed by atoms with E-state index in [-0.39, 0.29) is 21.0 Å². The van der Waals surface area contributed by atoms with Crippen molar-refractivity contribution in [1.29, 1.82) is 0 Å². The molecule has 0 radical (unpaired) electrons. The van der Waals surface area contributed by atoms with Crippen LogP contribution in [0.25, 0.3) is 0 Å². The summed E-state index contributed by atoms with van der Waals surface area (Å²) in [6.07, 6.45) is -4.54. The van der Waals surface area contributed by atoms with Crippen LogP contribution in [0.5, 0.6) is 0 Å². The number of aromatic nitrogens is 1. The van der Waals surface area contributed by atoms with Crippen LogP contribution in [-0.2, 0) is 12.1 Å². The predicted octanol–water partition coefficient (Wildman–Crippen LogP) is 4.92. The Balaban J connectivity index is 2.23. The maximum Gasteiger partial charge on any atom is 0.417 e. The van der Waals surface area contributed by atoms with Gasteiger partial charge in [0.25, 0.3) is 5.91 Å². The zero-order chi connectivity index (χ0) is 15.6. The van der Waals surface area contributed by atoms with Crippen molar-refractivity contribution in [2.24, 2.45) is 0 Å². The summed E-state index contributed by atoms with van der Waals surface area (Å²) in [7, 11) is 0. The molecule has 0 saturated heterocycles. The maximum atomic E-state index is 12.8. The van der Waals surface area contributed by atoms with Gasteiger partial charge in [0.1, 0.15) is 0 Å². The molecule has 2 aromatic rings. The van der Waals surface area contributed by atoms with Crippen LogP contribution in [0.15, 0.2) is 28.1 Å². The van der Waals surface area contributed by atoms with E-state index in [1.807, 2.05) is 0 Å². The number of carbonyl (C=O) groups is 1. The summed E-state index contributed by atoms with van der Waals surface area (Å²) in [5.74, 6) is -0.466. The van der Waals surface area contributed by atoms with Gasteiger partial charge < -0.3 is 0 Å². The van der Waals surface area contributed by atoms with Crippen molar-refractivity contribution < 1.29 is 18.0 Å². The molecule has 0 unspecified atom stereocenters. The van der Waals surface area contributed by atoms with Crippen molar-refractivity contribution in [3.63, 3.8) is 0 Å². The normalized spacial score (nSPS) is 11.5. The van der Waals surface area contributed by atoms with Crippen molar-refractivity contribution in [2.75, 3.05) is 5.32 Å². The highest BCUT2D eigenvalue weighted by Crippen LogP contribution is 2.35. The number of hydrogen-bond donors (Lipinski definition) is 1. The van der Waals surface area contributed by atoms with E-state index in [0.29, 0.717) is 5.69 Å². The smallest absolute Gasteiger partial charge is 0.298 e. The van der Waals surface area contributed by atoms with Gasteiger partial charge in [-0.2, -0.15) is 13.2 Å². The molecule has 0 fully saturated rings. The third kappa shape index (κ3) is 3.96. The van der Waals surface area contributed by atoms with E-state index in [1.54, 1.807) is 5.38 Å². The number of halogens is 5. The van der Waals surface area contributed by atoms with Crippen LogP contribution in [0.3, 0.4) is 0 Å². The topological polar surface area (TPSA) is 42.0 Å². The van der Waals surface area contributed by atoms with E-state index in [1.165, 1.54) is 12.1 Å². The summed E-state index contributed by atoms with van der Waals surface area (Å²) in [6.45, 7) is 0. The summed E-state index contributed by atoms with van der Waals surface area (Å²) in [5.41, 5.74) is -0.423. The highest BCUT2D eigenvalue weighted by atomic mass is 79.9. The van der Waals surface area contributed by atoms with Crippen LogP contribution in [-0.4, -0.2) is 10.9 Å². The quantitative estimate of drug-likeness (QED) is 0.745. The zero-order valence-corrected chi connectivity index (χ0v) is 13.3. The third-order valence-electron chi connectivity index (χ3n) is 2.44. The first-order valence-electron chi connectivity index (χ1n) is 5.49. The van der Waals surface area contributed by atoms with Gasteiger partial charge in [0.15, 0.2) is 5.13 Å². The fourth-order valence-corrected chi connectivity index (χ4v) is 2.88. The Bertz CT molecular complexity index is 675. The highest BCUT2D eigenvalue weighted by Gasteiger charge is 2.33. The lowest BCUT2D eigenvalue weighted by Gasteiger charge is -2.10. The minimum atomic E-state index is -4.54.